The smallest absolute Gasteiger partial charge is 0.411 e. The van der Waals surface area contributed by atoms with Crippen LogP contribution < -0.4 is 0 Å². The summed E-state index contributed by atoms with van der Waals surface area (Å²) in [4.78, 5) is 18.1. The van der Waals surface area contributed by atoms with Crippen molar-refractivity contribution in [3.63, 3.8) is 0 Å². The Morgan fingerprint density at radius 3 is 1.80 bits per heavy atom. The van der Waals surface area contributed by atoms with E-state index in [2.05, 4.69) is 77.7 Å². The fourth-order valence-electron chi connectivity index (χ4n) is 6.78. The maximum Gasteiger partial charge on any atom is 0.411 e. The van der Waals surface area contributed by atoms with E-state index >= 15 is 0 Å². The largest absolute Gasteiger partial charge is 0.444 e. The van der Waals surface area contributed by atoms with Crippen molar-refractivity contribution in [2.45, 2.75) is 62.8 Å². The molecule has 0 saturated carbocycles. The molecule has 2 heterocycles. The molecule has 41 heavy (non-hydrogen) atoms. The van der Waals surface area contributed by atoms with Gasteiger partial charge in [-0.2, -0.15) is 8.42 Å². The lowest BCUT2D eigenvalue weighted by Gasteiger charge is -2.55. The molecule has 0 aliphatic carbocycles. The summed E-state index contributed by atoms with van der Waals surface area (Å²) in [5.41, 5.74) is 1.43. The van der Waals surface area contributed by atoms with Crippen LogP contribution in [0.5, 0.6) is 0 Å². The van der Waals surface area contributed by atoms with E-state index < -0.39 is 26.8 Å². The number of carbonyl (C=O) groups is 1. The van der Waals surface area contributed by atoms with E-state index in [1.165, 1.54) is 0 Å². The summed E-state index contributed by atoms with van der Waals surface area (Å²) >= 11 is 0. The van der Waals surface area contributed by atoms with Gasteiger partial charge in [-0.1, -0.05) is 91.0 Å². The molecule has 2 aliphatic heterocycles. The SMILES string of the molecule is CC(C)(C)OC(=O)N1C2CCC1(CCOS(C)(=O)=O)CN(C(c1ccccc1)(c1ccccc1)c1ccccc1)C2. The second kappa shape index (κ2) is 11.2. The molecule has 2 aliphatic rings. The van der Waals surface area contributed by atoms with Gasteiger partial charge >= 0.3 is 6.09 Å². The zero-order valence-electron chi connectivity index (χ0n) is 24.3. The quantitative estimate of drug-likeness (QED) is 0.249. The third-order valence-corrected chi connectivity index (χ3v) is 8.83. The van der Waals surface area contributed by atoms with Crippen molar-refractivity contribution >= 4 is 16.2 Å². The van der Waals surface area contributed by atoms with Crippen molar-refractivity contribution in [1.29, 1.82) is 0 Å². The predicted molar refractivity (Wildman–Crippen MR) is 160 cm³/mol. The molecule has 2 bridgehead atoms. The van der Waals surface area contributed by atoms with Crippen molar-refractivity contribution in [2.75, 3.05) is 26.0 Å². The minimum absolute atomic E-state index is 0.00625. The van der Waals surface area contributed by atoms with Crippen LogP contribution in [-0.4, -0.2) is 67.4 Å². The number of nitrogens with zero attached hydrogens (tertiary/aromatic N) is 2. The number of hydrogen-bond donors (Lipinski definition) is 0. The van der Waals surface area contributed by atoms with E-state index in [-0.39, 0.29) is 18.7 Å². The Hall–Kier alpha value is -3.20. The second-order valence-corrected chi connectivity index (χ2v) is 13.9. The average molecular weight is 577 g/mol. The first kappa shape index (κ1) is 29.3. The Labute approximate surface area is 244 Å². The van der Waals surface area contributed by atoms with Crippen LogP contribution in [0.25, 0.3) is 0 Å². The van der Waals surface area contributed by atoms with Crippen LogP contribution in [-0.2, 0) is 24.6 Å². The zero-order chi connectivity index (χ0) is 29.3. The summed E-state index contributed by atoms with van der Waals surface area (Å²) in [6.07, 6.45) is 2.61. The zero-order valence-corrected chi connectivity index (χ0v) is 25.1. The van der Waals surface area contributed by atoms with Gasteiger partial charge in [-0.25, -0.2) is 4.79 Å². The topological polar surface area (TPSA) is 76.1 Å². The number of rotatable bonds is 8. The highest BCUT2D eigenvalue weighted by Crippen LogP contribution is 2.50. The highest BCUT2D eigenvalue weighted by Gasteiger charge is 2.58. The molecule has 5 rings (SSSR count). The van der Waals surface area contributed by atoms with Gasteiger partial charge in [0.15, 0.2) is 0 Å². The molecular formula is C33H40N2O5S. The summed E-state index contributed by atoms with van der Waals surface area (Å²) in [5, 5.41) is 0. The van der Waals surface area contributed by atoms with Gasteiger partial charge in [-0.05, 0) is 56.7 Å². The molecule has 3 aromatic carbocycles. The molecule has 3 aromatic rings. The normalized spacial score (nSPS) is 21.6. The molecule has 2 fully saturated rings. The number of benzene rings is 3. The van der Waals surface area contributed by atoms with E-state index in [1.54, 1.807) is 0 Å². The van der Waals surface area contributed by atoms with Gasteiger partial charge in [-0.3, -0.25) is 14.0 Å². The lowest BCUT2D eigenvalue weighted by Crippen LogP contribution is -2.68. The van der Waals surface area contributed by atoms with E-state index in [0.717, 1.165) is 35.8 Å². The first-order valence-electron chi connectivity index (χ1n) is 14.2. The molecular weight excluding hydrogens is 536 g/mol. The van der Waals surface area contributed by atoms with E-state index in [0.29, 0.717) is 19.5 Å². The van der Waals surface area contributed by atoms with E-state index in [1.807, 2.05) is 43.9 Å². The maximum absolute atomic E-state index is 13.7. The minimum atomic E-state index is -3.63. The molecule has 0 aromatic heterocycles. The van der Waals surface area contributed by atoms with Crippen LogP contribution in [0.1, 0.15) is 56.7 Å². The van der Waals surface area contributed by atoms with Crippen LogP contribution >= 0.6 is 0 Å². The summed E-state index contributed by atoms with van der Waals surface area (Å²) in [5.74, 6) is 0. The van der Waals surface area contributed by atoms with Crippen molar-refractivity contribution in [2.24, 2.45) is 0 Å². The maximum atomic E-state index is 13.7. The Kier molecular flexibility index (Phi) is 8.03. The third-order valence-electron chi connectivity index (χ3n) is 8.24. The summed E-state index contributed by atoms with van der Waals surface area (Å²) < 4.78 is 35.0. The summed E-state index contributed by atoms with van der Waals surface area (Å²) in [6.45, 7) is 6.75. The van der Waals surface area contributed by atoms with Gasteiger partial charge in [0.05, 0.1) is 23.9 Å². The highest BCUT2D eigenvalue weighted by molar-refractivity contribution is 7.85. The van der Waals surface area contributed by atoms with Gasteiger partial charge in [0.25, 0.3) is 10.1 Å². The fourth-order valence-corrected chi connectivity index (χ4v) is 7.16. The minimum Gasteiger partial charge on any atom is -0.444 e. The Bertz CT molecular complexity index is 1340. The Morgan fingerprint density at radius 1 is 0.878 bits per heavy atom. The number of fused-ring (bicyclic) bond motifs is 2. The molecule has 0 N–H and O–H groups in total. The van der Waals surface area contributed by atoms with Crippen LogP contribution in [0, 0.1) is 0 Å². The fraction of sp³-hybridized carbons (Fsp3) is 0.424. The van der Waals surface area contributed by atoms with E-state index in [4.69, 9.17) is 8.92 Å². The number of likely N-dealkylation sites (tertiary alicyclic amines) is 1. The van der Waals surface area contributed by atoms with Crippen molar-refractivity contribution in [3.8, 4) is 0 Å². The molecule has 0 spiro atoms. The number of carbonyl (C=O) groups excluding carboxylic acids is 1. The number of piperazine rings is 1. The molecule has 7 nitrogen and oxygen atoms in total. The first-order valence-corrected chi connectivity index (χ1v) is 16.0. The molecule has 0 radical (unpaired) electrons. The monoisotopic (exact) mass is 576 g/mol. The van der Waals surface area contributed by atoms with Crippen molar-refractivity contribution in [1.82, 2.24) is 9.80 Å². The summed E-state index contributed by atoms with van der Waals surface area (Å²) in [7, 11) is -3.63. The van der Waals surface area contributed by atoms with Gasteiger partial charge in [-0.15, -0.1) is 0 Å². The van der Waals surface area contributed by atoms with Gasteiger partial charge in [0.1, 0.15) is 5.60 Å². The molecule has 2 saturated heterocycles. The van der Waals surface area contributed by atoms with Gasteiger partial charge in [0.2, 0.25) is 0 Å². The lowest BCUT2D eigenvalue weighted by atomic mass is 9.74. The van der Waals surface area contributed by atoms with Crippen LogP contribution in [0.2, 0.25) is 0 Å². The van der Waals surface area contributed by atoms with Crippen molar-refractivity contribution in [3.05, 3.63) is 108 Å². The lowest BCUT2D eigenvalue weighted by molar-refractivity contribution is -0.0541. The predicted octanol–water partition coefficient (Wildman–Crippen LogP) is 5.80. The van der Waals surface area contributed by atoms with Crippen LogP contribution in [0.3, 0.4) is 0 Å². The number of hydrogen-bond acceptors (Lipinski definition) is 6. The van der Waals surface area contributed by atoms with E-state index in [9.17, 15) is 13.2 Å². The van der Waals surface area contributed by atoms with Crippen molar-refractivity contribution < 1.29 is 22.1 Å². The molecule has 8 heteroatoms. The first-order chi connectivity index (χ1) is 19.4. The molecule has 218 valence electrons. The standard InChI is InChI=1S/C33H40N2O5S/c1-31(2,3)40-30(36)35-29-20-21-32(35,22-23-39-41(4,37)38)25-34(24-29)33(26-14-8-5-9-15-26,27-16-10-6-11-17-27)28-18-12-7-13-19-28/h5-19,29H,20-25H2,1-4H3. The van der Waals surface area contributed by atoms with Gasteiger partial charge in [0, 0.05) is 19.1 Å². The molecule has 1 amide bonds. The number of ether oxygens (including phenoxy) is 1. The highest BCUT2D eigenvalue weighted by atomic mass is 32.2. The Morgan fingerprint density at radius 2 is 1.37 bits per heavy atom. The third kappa shape index (κ3) is 5.92. The summed E-state index contributed by atoms with van der Waals surface area (Å²) in [6, 6.07) is 31.4. The molecule has 2 unspecified atom stereocenters. The Balaban J connectivity index is 1.66. The van der Waals surface area contributed by atoms with Crippen LogP contribution in [0.4, 0.5) is 4.79 Å². The average Bonchev–Trinajstić information content (AvgIpc) is 3.16. The van der Waals surface area contributed by atoms with Crippen LogP contribution in [0.15, 0.2) is 91.0 Å². The molecule has 2 atom stereocenters. The van der Waals surface area contributed by atoms with Gasteiger partial charge < -0.3 is 4.74 Å². The number of amides is 1. The second-order valence-electron chi connectivity index (χ2n) is 12.2.